The van der Waals surface area contributed by atoms with E-state index in [9.17, 15) is 21.6 Å². The zero-order chi connectivity index (χ0) is 29.7. The first kappa shape index (κ1) is 27.6. The lowest BCUT2D eigenvalue weighted by Gasteiger charge is -2.23. The molecule has 0 aliphatic heterocycles. The van der Waals surface area contributed by atoms with E-state index in [1.807, 2.05) is 31.2 Å². The SMILES string of the molecule is CC(Nc1nc(NC2(C(F)(F)F)CC2)c2nc(-c3cccc(S(C)(=O)=O)c3)ccc2n1)c1ccc(-n2cncn2)cc1. The van der Waals surface area contributed by atoms with E-state index in [0.717, 1.165) is 17.5 Å². The summed E-state index contributed by atoms with van der Waals surface area (Å²) in [5.41, 5.74) is 0.953. The highest BCUT2D eigenvalue weighted by atomic mass is 32.2. The van der Waals surface area contributed by atoms with E-state index in [-0.39, 0.29) is 41.1 Å². The average Bonchev–Trinajstić information content (AvgIpc) is 3.55. The standard InChI is InChI=1S/C28H25F3N8O2S/c1-17(18-6-8-20(9-7-18)39-16-32-15-33-39)34-26-36-23-11-10-22(19-4-3-5-21(14-19)42(2,40)41)35-24(23)25(37-26)38-27(12-13-27)28(29,30)31/h3-11,14-17H,12-13H2,1-2H3,(H2,34,36,37,38). The summed E-state index contributed by atoms with van der Waals surface area (Å²) in [6.07, 6.45) is -0.536. The van der Waals surface area contributed by atoms with E-state index in [2.05, 4.69) is 35.7 Å². The number of aromatic nitrogens is 6. The molecule has 0 saturated heterocycles. The molecule has 5 aromatic rings. The highest BCUT2D eigenvalue weighted by Crippen LogP contribution is 2.51. The maximum absolute atomic E-state index is 13.9. The van der Waals surface area contributed by atoms with Crippen molar-refractivity contribution in [3.63, 3.8) is 0 Å². The molecular weight excluding hydrogens is 569 g/mol. The molecule has 1 saturated carbocycles. The summed E-state index contributed by atoms with van der Waals surface area (Å²) in [4.78, 5) is 17.6. The van der Waals surface area contributed by atoms with E-state index >= 15 is 0 Å². The first-order chi connectivity index (χ1) is 19.9. The van der Waals surface area contributed by atoms with Crippen molar-refractivity contribution in [2.75, 3.05) is 16.9 Å². The number of hydrogen-bond donors (Lipinski definition) is 2. The molecule has 3 heterocycles. The Labute approximate surface area is 239 Å². The fraction of sp³-hybridized carbons (Fsp3) is 0.250. The van der Waals surface area contributed by atoms with Gasteiger partial charge in [0.1, 0.15) is 23.7 Å². The Bertz CT molecular complexity index is 1870. The van der Waals surface area contributed by atoms with Gasteiger partial charge < -0.3 is 10.6 Å². The Hall–Kier alpha value is -4.59. The largest absolute Gasteiger partial charge is 0.411 e. The molecule has 14 heteroatoms. The Balaban J connectivity index is 1.36. The van der Waals surface area contributed by atoms with Crippen LogP contribution in [0.4, 0.5) is 24.9 Å². The van der Waals surface area contributed by atoms with Gasteiger partial charge >= 0.3 is 6.18 Å². The molecule has 216 valence electrons. The van der Waals surface area contributed by atoms with Gasteiger partial charge in [-0.1, -0.05) is 24.3 Å². The number of sulfone groups is 1. The highest BCUT2D eigenvalue weighted by molar-refractivity contribution is 7.90. The Morgan fingerprint density at radius 1 is 1.00 bits per heavy atom. The third-order valence-corrected chi connectivity index (χ3v) is 8.28. The van der Waals surface area contributed by atoms with E-state index in [4.69, 9.17) is 0 Å². The van der Waals surface area contributed by atoms with Crippen LogP contribution in [0.5, 0.6) is 0 Å². The van der Waals surface area contributed by atoms with Gasteiger partial charge in [-0.3, -0.25) is 0 Å². The second-order valence-electron chi connectivity index (χ2n) is 10.3. The van der Waals surface area contributed by atoms with Crippen LogP contribution < -0.4 is 10.6 Å². The number of alkyl halides is 3. The van der Waals surface area contributed by atoms with Crippen molar-refractivity contribution in [3.8, 4) is 16.9 Å². The Morgan fingerprint density at radius 3 is 2.40 bits per heavy atom. The van der Waals surface area contributed by atoms with Gasteiger partial charge in [0.05, 0.1) is 27.8 Å². The molecule has 3 aromatic heterocycles. The Morgan fingerprint density at radius 2 is 1.76 bits per heavy atom. The van der Waals surface area contributed by atoms with Crippen LogP contribution in [0.3, 0.4) is 0 Å². The number of anilines is 2. The number of pyridine rings is 1. The van der Waals surface area contributed by atoms with Gasteiger partial charge in [-0.15, -0.1) is 0 Å². The summed E-state index contributed by atoms with van der Waals surface area (Å²) in [6.45, 7) is 1.89. The number of hydrogen-bond acceptors (Lipinski definition) is 9. The quantitative estimate of drug-likeness (QED) is 0.244. The molecule has 1 aliphatic rings. The number of fused-ring (bicyclic) bond motifs is 1. The van der Waals surface area contributed by atoms with Gasteiger partial charge in [0.25, 0.3) is 0 Å². The number of nitrogens with zero attached hydrogens (tertiary/aromatic N) is 6. The lowest BCUT2D eigenvalue weighted by Crippen LogP contribution is -2.39. The minimum atomic E-state index is -4.49. The molecule has 1 atom stereocenters. The summed E-state index contributed by atoms with van der Waals surface area (Å²) < 4.78 is 67.6. The van der Waals surface area contributed by atoms with Crippen molar-refractivity contribution in [3.05, 3.63) is 78.9 Å². The molecule has 2 N–H and O–H groups in total. The van der Waals surface area contributed by atoms with Crippen LogP contribution in [0.15, 0.2) is 78.2 Å². The van der Waals surface area contributed by atoms with Crippen LogP contribution in [0.1, 0.15) is 31.4 Å². The molecule has 1 unspecified atom stereocenters. The molecule has 1 aliphatic carbocycles. The molecule has 2 aromatic carbocycles. The summed E-state index contributed by atoms with van der Waals surface area (Å²) in [6, 6.07) is 16.8. The van der Waals surface area contributed by atoms with Crippen molar-refractivity contribution in [1.29, 1.82) is 0 Å². The first-order valence-electron chi connectivity index (χ1n) is 13.0. The Kier molecular flexibility index (Phi) is 6.60. The van der Waals surface area contributed by atoms with Crippen molar-refractivity contribution in [2.45, 2.75) is 42.4 Å². The fourth-order valence-electron chi connectivity index (χ4n) is 4.58. The first-order valence-corrected chi connectivity index (χ1v) is 14.9. The van der Waals surface area contributed by atoms with Gasteiger partial charge in [0.2, 0.25) is 5.95 Å². The van der Waals surface area contributed by atoms with Crippen molar-refractivity contribution in [2.24, 2.45) is 0 Å². The second kappa shape index (κ2) is 10.0. The van der Waals surface area contributed by atoms with Crippen molar-refractivity contribution in [1.82, 2.24) is 29.7 Å². The lowest BCUT2D eigenvalue weighted by molar-refractivity contribution is -0.151. The smallest absolute Gasteiger partial charge is 0.354 e. The third kappa shape index (κ3) is 5.36. The van der Waals surface area contributed by atoms with Crippen LogP contribution in [-0.2, 0) is 9.84 Å². The maximum atomic E-state index is 13.9. The monoisotopic (exact) mass is 594 g/mol. The highest BCUT2D eigenvalue weighted by Gasteiger charge is 2.64. The number of rotatable bonds is 8. The van der Waals surface area contributed by atoms with Crippen molar-refractivity contribution >= 4 is 32.6 Å². The zero-order valence-corrected chi connectivity index (χ0v) is 23.3. The summed E-state index contributed by atoms with van der Waals surface area (Å²) in [5, 5.41) is 9.91. The van der Waals surface area contributed by atoms with E-state index < -0.39 is 21.6 Å². The second-order valence-corrected chi connectivity index (χ2v) is 12.3. The maximum Gasteiger partial charge on any atom is 0.411 e. The van der Waals surface area contributed by atoms with Gasteiger partial charge in [-0.2, -0.15) is 23.3 Å². The number of nitrogens with one attached hydrogen (secondary N) is 2. The molecule has 0 amide bonds. The minimum Gasteiger partial charge on any atom is -0.354 e. The number of halogens is 3. The predicted molar refractivity (Wildman–Crippen MR) is 151 cm³/mol. The fourth-order valence-corrected chi connectivity index (χ4v) is 5.24. The molecule has 42 heavy (non-hydrogen) atoms. The molecule has 0 bridgehead atoms. The predicted octanol–water partition coefficient (Wildman–Crippen LogP) is 5.36. The summed E-state index contributed by atoms with van der Waals surface area (Å²) in [5.74, 6) is 0.0663. The van der Waals surface area contributed by atoms with Crippen LogP contribution in [0, 0.1) is 0 Å². The van der Waals surface area contributed by atoms with E-state index in [1.54, 1.807) is 35.3 Å². The van der Waals surface area contributed by atoms with E-state index in [1.165, 1.54) is 18.5 Å². The van der Waals surface area contributed by atoms with Crippen LogP contribution in [0.2, 0.25) is 0 Å². The molecule has 0 radical (unpaired) electrons. The van der Waals surface area contributed by atoms with Gasteiger partial charge in [-0.25, -0.2) is 28.1 Å². The van der Waals surface area contributed by atoms with Gasteiger partial charge in [-0.05, 0) is 61.7 Å². The molecule has 10 nitrogen and oxygen atoms in total. The van der Waals surface area contributed by atoms with Gasteiger partial charge in [0, 0.05) is 11.8 Å². The molecule has 1 fully saturated rings. The van der Waals surface area contributed by atoms with Crippen molar-refractivity contribution < 1.29 is 21.6 Å². The van der Waals surface area contributed by atoms with Gasteiger partial charge in [0.15, 0.2) is 15.7 Å². The zero-order valence-electron chi connectivity index (χ0n) is 22.5. The molecule has 6 rings (SSSR count). The summed E-state index contributed by atoms with van der Waals surface area (Å²) in [7, 11) is -3.48. The molecule has 0 spiro atoms. The minimum absolute atomic E-state index is 0.0628. The lowest BCUT2D eigenvalue weighted by atomic mass is 10.1. The van der Waals surface area contributed by atoms with E-state index in [0.29, 0.717) is 16.8 Å². The summed E-state index contributed by atoms with van der Waals surface area (Å²) >= 11 is 0. The van der Waals surface area contributed by atoms with Crippen LogP contribution in [0.25, 0.3) is 28.0 Å². The molecular formula is C28H25F3N8O2S. The normalized spacial score (nSPS) is 15.4. The average molecular weight is 595 g/mol. The van der Waals surface area contributed by atoms with Crippen LogP contribution >= 0.6 is 0 Å². The third-order valence-electron chi connectivity index (χ3n) is 7.17. The number of benzene rings is 2. The van der Waals surface area contributed by atoms with Crippen LogP contribution in [-0.4, -0.2) is 56.1 Å². The topological polar surface area (TPSA) is 128 Å².